The van der Waals surface area contributed by atoms with E-state index >= 15 is 0 Å². The van der Waals surface area contributed by atoms with Crippen LogP contribution in [0.25, 0.3) is 0 Å². The highest BCUT2D eigenvalue weighted by atomic mass is 16.6. The first-order valence-corrected chi connectivity index (χ1v) is 14.1. The molecule has 10 nitrogen and oxygen atoms in total. The van der Waals surface area contributed by atoms with E-state index in [1.807, 2.05) is 35.2 Å². The summed E-state index contributed by atoms with van der Waals surface area (Å²) >= 11 is 0. The van der Waals surface area contributed by atoms with Gasteiger partial charge in [-0.2, -0.15) is 5.26 Å². The second kappa shape index (κ2) is 11.1. The molecule has 5 fully saturated rings. The molecule has 210 valence electrons. The van der Waals surface area contributed by atoms with Gasteiger partial charge in [0.05, 0.1) is 29.8 Å². The van der Waals surface area contributed by atoms with Gasteiger partial charge in [0.1, 0.15) is 12.5 Å². The number of ether oxygens (including phenoxy) is 2. The van der Waals surface area contributed by atoms with Gasteiger partial charge in [0.15, 0.2) is 0 Å². The fraction of sp³-hybridized carbons (Fsp3) is 0.679. The Kier molecular flexibility index (Phi) is 7.93. The largest absolute Gasteiger partial charge is 0.475 e. The molecule has 5 aliphatic heterocycles. The molecule has 0 aromatic heterocycles. The van der Waals surface area contributed by atoms with Crippen molar-refractivity contribution < 1.29 is 29.1 Å². The van der Waals surface area contributed by atoms with Gasteiger partial charge in [0, 0.05) is 31.1 Å². The zero-order valence-electron chi connectivity index (χ0n) is 22.8. The Bertz CT molecular complexity index is 1070. The fourth-order valence-corrected chi connectivity index (χ4v) is 6.98. The van der Waals surface area contributed by atoms with Gasteiger partial charge in [-0.05, 0) is 57.9 Å². The third-order valence-electron chi connectivity index (χ3n) is 9.21. The molecule has 3 N–H and O–H groups in total. The van der Waals surface area contributed by atoms with E-state index in [4.69, 9.17) is 9.47 Å². The van der Waals surface area contributed by atoms with Gasteiger partial charge in [-0.1, -0.05) is 30.3 Å². The highest BCUT2D eigenvalue weighted by Crippen LogP contribution is 2.48. The normalized spacial score (nSPS) is 29.2. The summed E-state index contributed by atoms with van der Waals surface area (Å²) < 4.78 is 11.4. The van der Waals surface area contributed by atoms with E-state index in [1.54, 1.807) is 0 Å². The number of alkyl carbamates (subject to hydrolysis) is 1. The molecule has 39 heavy (non-hydrogen) atoms. The number of carbonyl (C=O) groups excluding carboxylic acids is 2. The third-order valence-corrected chi connectivity index (χ3v) is 9.21. The summed E-state index contributed by atoms with van der Waals surface area (Å²) in [6, 6.07) is 11.6. The zero-order valence-corrected chi connectivity index (χ0v) is 22.8. The van der Waals surface area contributed by atoms with Crippen LogP contribution < -0.4 is 5.32 Å². The van der Waals surface area contributed by atoms with E-state index in [2.05, 4.69) is 30.1 Å². The number of nitriles is 1. The molecule has 0 spiro atoms. The summed E-state index contributed by atoms with van der Waals surface area (Å²) in [7, 11) is -1.76. The molecular formula is C28H39BN4O6. The Balaban J connectivity index is 1.20. The SMILES string of the molecule is CC(C)(CC(C#N)C(=O)N1C2CCC1(COC(=O)N[C@@H](Cc1ccccc1)B(O)O)CC2)N1CC2CC(C1)O2. The van der Waals surface area contributed by atoms with Gasteiger partial charge in [0.25, 0.3) is 0 Å². The van der Waals surface area contributed by atoms with Crippen LogP contribution in [0.3, 0.4) is 0 Å². The Labute approximate surface area is 230 Å². The molecule has 0 aliphatic carbocycles. The Hall–Kier alpha value is -2.65. The molecule has 0 saturated carbocycles. The van der Waals surface area contributed by atoms with Crippen LogP contribution >= 0.6 is 0 Å². The average molecular weight is 538 g/mol. The number of amides is 2. The number of morpholine rings is 1. The number of nitrogens with one attached hydrogen (secondary N) is 1. The van der Waals surface area contributed by atoms with Crippen LogP contribution in [0, 0.1) is 17.2 Å². The molecule has 5 aliphatic rings. The van der Waals surface area contributed by atoms with E-state index in [-0.39, 0.29) is 42.7 Å². The van der Waals surface area contributed by atoms with Gasteiger partial charge in [-0.25, -0.2) is 4.79 Å². The van der Waals surface area contributed by atoms with Gasteiger partial charge < -0.3 is 29.7 Å². The molecule has 11 heteroatoms. The van der Waals surface area contributed by atoms with Crippen molar-refractivity contribution in [2.24, 2.45) is 5.92 Å². The summed E-state index contributed by atoms with van der Waals surface area (Å²) in [5, 5.41) is 32.2. The Morgan fingerprint density at radius 1 is 1.23 bits per heavy atom. The van der Waals surface area contributed by atoms with Crippen molar-refractivity contribution in [2.45, 2.75) is 94.1 Å². The summed E-state index contributed by atoms with van der Waals surface area (Å²) in [6.45, 7) is 5.85. The average Bonchev–Trinajstić information content (AvgIpc) is 3.46. The smallest absolute Gasteiger partial charge is 0.447 e. The van der Waals surface area contributed by atoms with Crippen molar-refractivity contribution >= 4 is 19.1 Å². The van der Waals surface area contributed by atoms with E-state index in [0.29, 0.717) is 19.3 Å². The lowest BCUT2D eigenvalue weighted by Gasteiger charge is -2.53. The number of piperidine rings is 1. The number of carbonyl (C=O) groups is 2. The molecular weight excluding hydrogens is 499 g/mol. The van der Waals surface area contributed by atoms with E-state index in [0.717, 1.165) is 37.9 Å². The van der Waals surface area contributed by atoms with Crippen LogP contribution in [-0.4, -0.2) is 93.9 Å². The first-order chi connectivity index (χ1) is 18.6. The highest BCUT2D eigenvalue weighted by molar-refractivity contribution is 6.43. The summed E-state index contributed by atoms with van der Waals surface area (Å²) in [4.78, 5) is 30.7. The second-order valence-corrected chi connectivity index (χ2v) is 12.3. The van der Waals surface area contributed by atoms with Crippen molar-refractivity contribution in [2.75, 3.05) is 19.7 Å². The fourth-order valence-electron chi connectivity index (χ4n) is 6.98. The van der Waals surface area contributed by atoms with E-state index in [1.165, 1.54) is 0 Å². The monoisotopic (exact) mass is 538 g/mol. The van der Waals surface area contributed by atoms with Crippen molar-refractivity contribution in [3.63, 3.8) is 0 Å². The number of nitrogens with zero attached hydrogens (tertiary/aromatic N) is 3. The molecule has 4 atom stereocenters. The number of rotatable bonds is 10. The van der Waals surface area contributed by atoms with Crippen LogP contribution in [0.15, 0.2) is 30.3 Å². The first-order valence-electron chi connectivity index (χ1n) is 14.1. The van der Waals surface area contributed by atoms with E-state index in [9.17, 15) is 24.9 Å². The minimum atomic E-state index is -1.76. The number of hydrogen-bond acceptors (Lipinski definition) is 8. The third kappa shape index (κ3) is 5.80. The van der Waals surface area contributed by atoms with Crippen LogP contribution in [0.1, 0.15) is 57.9 Å². The topological polar surface area (TPSA) is 135 Å². The Morgan fingerprint density at radius 3 is 2.46 bits per heavy atom. The molecule has 1 aromatic carbocycles. The van der Waals surface area contributed by atoms with E-state index < -0.39 is 30.6 Å². The van der Waals surface area contributed by atoms with Gasteiger partial charge in [-0.3, -0.25) is 9.69 Å². The van der Waals surface area contributed by atoms with Gasteiger partial charge in [0.2, 0.25) is 5.91 Å². The maximum absolute atomic E-state index is 13.8. The van der Waals surface area contributed by atoms with Crippen molar-refractivity contribution in [1.29, 1.82) is 5.26 Å². The van der Waals surface area contributed by atoms with Crippen molar-refractivity contribution in [1.82, 2.24) is 15.1 Å². The maximum Gasteiger partial charge on any atom is 0.475 e. The highest BCUT2D eigenvalue weighted by Gasteiger charge is 2.56. The van der Waals surface area contributed by atoms with Crippen LogP contribution in [0.4, 0.5) is 4.79 Å². The molecule has 0 radical (unpaired) electrons. The molecule has 1 aromatic rings. The van der Waals surface area contributed by atoms with Crippen molar-refractivity contribution in [3.05, 3.63) is 35.9 Å². The molecule has 4 bridgehead atoms. The van der Waals surface area contributed by atoms with Gasteiger partial charge in [-0.15, -0.1) is 0 Å². The van der Waals surface area contributed by atoms with Crippen LogP contribution in [0.5, 0.6) is 0 Å². The lowest BCUT2D eigenvalue weighted by atomic mass is 9.76. The number of hydrogen-bond donors (Lipinski definition) is 3. The number of benzene rings is 1. The predicted molar refractivity (Wildman–Crippen MR) is 143 cm³/mol. The lowest BCUT2D eigenvalue weighted by molar-refractivity contribution is -0.198. The quantitative estimate of drug-likeness (QED) is 0.383. The summed E-state index contributed by atoms with van der Waals surface area (Å²) in [6.07, 6.45) is 4.54. The number of fused-ring (bicyclic) bond motifs is 4. The summed E-state index contributed by atoms with van der Waals surface area (Å²) in [5.41, 5.74) is -0.107. The molecule has 3 unspecified atom stereocenters. The minimum absolute atomic E-state index is 0.00895. The van der Waals surface area contributed by atoms with Gasteiger partial charge >= 0.3 is 13.2 Å². The Morgan fingerprint density at radius 2 is 1.87 bits per heavy atom. The minimum Gasteiger partial charge on any atom is -0.447 e. The molecule has 5 saturated heterocycles. The predicted octanol–water partition coefficient (Wildman–Crippen LogP) is 1.64. The summed E-state index contributed by atoms with van der Waals surface area (Å²) in [5.74, 6) is -1.90. The van der Waals surface area contributed by atoms with Crippen molar-refractivity contribution in [3.8, 4) is 6.07 Å². The molecule has 6 rings (SSSR count). The standard InChI is InChI=1S/C28H39BN4O6/c1-27(2,32-16-22-13-23(17-32)39-22)14-20(15-30)25(34)33-21-8-10-28(33,11-9-21)18-38-26(35)31-24(29(36)37)12-19-6-4-3-5-7-19/h3-7,20-24,36-37H,8-14,16-18H2,1-2H3,(H,31,35)/t20?,21?,22?,23?,24-,28?/m0/s1. The zero-order chi connectivity index (χ0) is 27.8. The lowest BCUT2D eigenvalue weighted by Crippen LogP contribution is -2.63. The first kappa shape index (κ1) is 27.9. The van der Waals surface area contributed by atoms with Crippen LogP contribution in [-0.2, 0) is 20.7 Å². The molecule has 5 heterocycles. The maximum atomic E-state index is 13.8. The van der Waals surface area contributed by atoms with Crippen LogP contribution in [0.2, 0.25) is 0 Å². The molecule has 2 amide bonds. The second-order valence-electron chi connectivity index (χ2n) is 12.3.